The second-order valence-corrected chi connectivity index (χ2v) is 5.82. The second-order valence-electron chi connectivity index (χ2n) is 5.82. The third-order valence-corrected chi connectivity index (χ3v) is 3.93. The lowest BCUT2D eigenvalue weighted by Crippen LogP contribution is -2.15. The van der Waals surface area contributed by atoms with E-state index in [4.69, 9.17) is 9.47 Å². The van der Waals surface area contributed by atoms with E-state index in [1.54, 1.807) is 0 Å². The van der Waals surface area contributed by atoms with Gasteiger partial charge in [-0.2, -0.15) is 0 Å². The van der Waals surface area contributed by atoms with Crippen LogP contribution in [0, 0.1) is 5.92 Å². The average Bonchev–Trinajstić information content (AvgIpc) is 3.42. The Labute approximate surface area is 134 Å². The average molecular weight is 310 g/mol. The number of anilines is 3. The molecule has 2 aliphatic rings. The van der Waals surface area contributed by atoms with Crippen LogP contribution in [-0.4, -0.2) is 19.1 Å². The maximum atomic E-state index is 11.7. The third kappa shape index (κ3) is 3.23. The topological polar surface area (TPSA) is 59.6 Å². The van der Waals surface area contributed by atoms with Gasteiger partial charge in [-0.25, -0.2) is 0 Å². The van der Waals surface area contributed by atoms with Crippen molar-refractivity contribution in [2.45, 2.75) is 12.8 Å². The molecule has 2 aromatic rings. The molecular formula is C18H18N2O3. The lowest BCUT2D eigenvalue weighted by Gasteiger charge is -2.19. The molecule has 0 atom stereocenters. The van der Waals surface area contributed by atoms with Crippen LogP contribution in [0.25, 0.3) is 0 Å². The van der Waals surface area contributed by atoms with Crippen LogP contribution in [0.4, 0.5) is 17.1 Å². The Kier molecular flexibility index (Phi) is 3.54. The summed E-state index contributed by atoms with van der Waals surface area (Å²) in [7, 11) is 0. The minimum atomic E-state index is 0.123. The Morgan fingerprint density at radius 2 is 1.52 bits per heavy atom. The fraction of sp³-hybridized carbons (Fsp3) is 0.278. The maximum absolute atomic E-state index is 11.7. The van der Waals surface area contributed by atoms with E-state index in [0.717, 1.165) is 41.4 Å². The van der Waals surface area contributed by atoms with Crippen molar-refractivity contribution in [1.82, 2.24) is 0 Å². The zero-order valence-corrected chi connectivity index (χ0v) is 12.7. The highest BCUT2D eigenvalue weighted by molar-refractivity contribution is 5.94. The first-order valence-corrected chi connectivity index (χ1v) is 7.85. The Morgan fingerprint density at radius 1 is 0.870 bits per heavy atom. The molecule has 1 saturated carbocycles. The molecule has 2 N–H and O–H groups in total. The largest absolute Gasteiger partial charge is 0.486 e. The minimum absolute atomic E-state index is 0.123. The Morgan fingerprint density at radius 3 is 2.26 bits per heavy atom. The van der Waals surface area contributed by atoms with Gasteiger partial charge in [-0.05, 0) is 49.2 Å². The van der Waals surface area contributed by atoms with Gasteiger partial charge in [0.2, 0.25) is 5.91 Å². The van der Waals surface area contributed by atoms with Crippen molar-refractivity contribution in [1.29, 1.82) is 0 Å². The Hall–Kier alpha value is -2.69. The van der Waals surface area contributed by atoms with E-state index < -0.39 is 0 Å². The van der Waals surface area contributed by atoms with Gasteiger partial charge in [0.15, 0.2) is 11.5 Å². The predicted octanol–water partition coefficient (Wildman–Crippen LogP) is 3.55. The van der Waals surface area contributed by atoms with Gasteiger partial charge in [-0.15, -0.1) is 0 Å². The molecule has 23 heavy (non-hydrogen) atoms. The van der Waals surface area contributed by atoms with E-state index in [1.165, 1.54) is 0 Å². The van der Waals surface area contributed by atoms with Gasteiger partial charge in [-0.3, -0.25) is 4.79 Å². The summed E-state index contributed by atoms with van der Waals surface area (Å²) in [4.78, 5) is 11.7. The van der Waals surface area contributed by atoms with Gasteiger partial charge < -0.3 is 20.1 Å². The number of rotatable bonds is 4. The Bertz CT molecular complexity index is 724. The number of hydrogen-bond acceptors (Lipinski definition) is 4. The van der Waals surface area contributed by atoms with Gasteiger partial charge in [0.25, 0.3) is 0 Å². The van der Waals surface area contributed by atoms with Crippen LogP contribution in [0.5, 0.6) is 11.5 Å². The lowest BCUT2D eigenvalue weighted by atomic mass is 10.2. The van der Waals surface area contributed by atoms with Crippen LogP contribution in [0.2, 0.25) is 0 Å². The molecule has 0 bridgehead atoms. The highest BCUT2D eigenvalue weighted by Gasteiger charge is 2.29. The van der Waals surface area contributed by atoms with Crippen molar-refractivity contribution in [3.05, 3.63) is 42.5 Å². The van der Waals surface area contributed by atoms with Crippen molar-refractivity contribution in [2.24, 2.45) is 5.92 Å². The van der Waals surface area contributed by atoms with Crippen molar-refractivity contribution in [3.8, 4) is 11.5 Å². The first kappa shape index (κ1) is 13.9. The first-order chi connectivity index (χ1) is 11.3. The second kappa shape index (κ2) is 5.83. The van der Waals surface area contributed by atoms with Crippen LogP contribution < -0.4 is 20.1 Å². The van der Waals surface area contributed by atoms with E-state index >= 15 is 0 Å². The number of hydrogen-bond donors (Lipinski definition) is 2. The SMILES string of the molecule is O=C(Nc1ccc(Nc2ccc3c(c2)OCCO3)cc1)C1CC1. The first-order valence-electron chi connectivity index (χ1n) is 7.85. The van der Waals surface area contributed by atoms with E-state index in [-0.39, 0.29) is 11.8 Å². The summed E-state index contributed by atoms with van der Waals surface area (Å²) in [6, 6.07) is 13.5. The summed E-state index contributed by atoms with van der Waals surface area (Å²) in [6.07, 6.45) is 2.02. The number of amides is 1. The van der Waals surface area contributed by atoms with E-state index in [2.05, 4.69) is 10.6 Å². The van der Waals surface area contributed by atoms with E-state index in [0.29, 0.717) is 13.2 Å². The van der Waals surface area contributed by atoms with Crippen LogP contribution in [0.3, 0.4) is 0 Å². The molecule has 1 amide bonds. The molecule has 118 valence electrons. The summed E-state index contributed by atoms with van der Waals surface area (Å²) >= 11 is 0. The summed E-state index contributed by atoms with van der Waals surface area (Å²) in [5.41, 5.74) is 2.71. The van der Waals surface area contributed by atoms with Crippen LogP contribution >= 0.6 is 0 Å². The van der Waals surface area contributed by atoms with Crippen LogP contribution in [0.15, 0.2) is 42.5 Å². The third-order valence-electron chi connectivity index (χ3n) is 3.93. The molecule has 0 aromatic heterocycles. The number of carbonyl (C=O) groups excluding carboxylic acids is 1. The summed E-state index contributed by atoms with van der Waals surface area (Å²) in [5.74, 6) is 1.87. The summed E-state index contributed by atoms with van der Waals surface area (Å²) < 4.78 is 11.1. The normalized spacial score (nSPS) is 15.8. The van der Waals surface area contributed by atoms with Crippen molar-refractivity contribution >= 4 is 23.0 Å². The van der Waals surface area contributed by atoms with Gasteiger partial charge in [0, 0.05) is 29.0 Å². The maximum Gasteiger partial charge on any atom is 0.227 e. The smallest absolute Gasteiger partial charge is 0.227 e. The molecule has 1 heterocycles. The zero-order valence-electron chi connectivity index (χ0n) is 12.7. The number of ether oxygens (including phenoxy) is 2. The number of nitrogens with one attached hydrogen (secondary N) is 2. The van der Waals surface area contributed by atoms with E-state index in [9.17, 15) is 4.79 Å². The van der Waals surface area contributed by atoms with Crippen molar-refractivity contribution in [3.63, 3.8) is 0 Å². The highest BCUT2D eigenvalue weighted by atomic mass is 16.6. The molecule has 2 aromatic carbocycles. The number of benzene rings is 2. The monoisotopic (exact) mass is 310 g/mol. The van der Waals surface area contributed by atoms with E-state index in [1.807, 2.05) is 42.5 Å². The Balaban J connectivity index is 1.43. The fourth-order valence-electron chi connectivity index (χ4n) is 2.51. The predicted molar refractivity (Wildman–Crippen MR) is 88.5 cm³/mol. The molecular weight excluding hydrogens is 292 g/mol. The minimum Gasteiger partial charge on any atom is -0.486 e. The lowest BCUT2D eigenvalue weighted by molar-refractivity contribution is -0.117. The number of fused-ring (bicyclic) bond motifs is 1. The van der Waals surface area contributed by atoms with Gasteiger partial charge in [-0.1, -0.05) is 0 Å². The summed E-state index contributed by atoms with van der Waals surface area (Å²) in [5, 5.41) is 6.25. The van der Waals surface area contributed by atoms with Crippen LogP contribution in [0.1, 0.15) is 12.8 Å². The number of carbonyl (C=O) groups is 1. The molecule has 1 aliphatic carbocycles. The molecule has 5 heteroatoms. The van der Waals surface area contributed by atoms with Crippen LogP contribution in [-0.2, 0) is 4.79 Å². The molecule has 0 radical (unpaired) electrons. The standard InChI is InChI=1S/C18H18N2O3/c21-18(12-1-2-12)20-14-5-3-13(4-6-14)19-15-7-8-16-17(11-15)23-10-9-22-16/h3-8,11-12,19H,1-2,9-10H2,(H,20,21). The molecule has 0 unspecified atom stereocenters. The van der Waals surface area contributed by atoms with Gasteiger partial charge in [0.05, 0.1) is 0 Å². The molecule has 0 saturated heterocycles. The fourth-order valence-corrected chi connectivity index (χ4v) is 2.51. The summed E-state index contributed by atoms with van der Waals surface area (Å²) in [6.45, 7) is 1.17. The zero-order chi connectivity index (χ0) is 15.6. The van der Waals surface area contributed by atoms with Crippen molar-refractivity contribution < 1.29 is 14.3 Å². The quantitative estimate of drug-likeness (QED) is 0.906. The van der Waals surface area contributed by atoms with Gasteiger partial charge in [0.1, 0.15) is 13.2 Å². The molecule has 1 aliphatic heterocycles. The van der Waals surface area contributed by atoms with Crippen molar-refractivity contribution in [2.75, 3.05) is 23.8 Å². The molecule has 4 rings (SSSR count). The highest BCUT2D eigenvalue weighted by Crippen LogP contribution is 2.34. The molecule has 0 spiro atoms. The van der Waals surface area contributed by atoms with Gasteiger partial charge >= 0.3 is 0 Å². The molecule has 1 fully saturated rings. The molecule has 5 nitrogen and oxygen atoms in total.